The lowest BCUT2D eigenvalue weighted by atomic mass is 10.1. The molecule has 1 atom stereocenters. The van der Waals surface area contributed by atoms with E-state index in [4.69, 9.17) is 0 Å². The van der Waals surface area contributed by atoms with Gasteiger partial charge in [-0.3, -0.25) is 9.59 Å². The number of carbonyl (C=O) groups excluding carboxylic acids is 3. The normalized spacial score (nSPS) is 21.0. The Morgan fingerprint density at radius 2 is 1.85 bits per heavy atom. The van der Waals surface area contributed by atoms with E-state index in [9.17, 15) is 14.4 Å². The lowest BCUT2D eigenvalue weighted by Crippen LogP contribution is -2.49. The molecule has 2 N–H and O–H groups in total. The van der Waals surface area contributed by atoms with Gasteiger partial charge in [0, 0.05) is 57.2 Å². The lowest BCUT2D eigenvalue weighted by molar-refractivity contribution is -0.129. The van der Waals surface area contributed by atoms with E-state index in [1.807, 2.05) is 30.3 Å². The fourth-order valence-corrected chi connectivity index (χ4v) is 3.59. The highest BCUT2D eigenvalue weighted by Gasteiger charge is 2.31. The molecular formula is C19H26N4O3. The first-order valence-corrected chi connectivity index (χ1v) is 9.18. The molecule has 2 aliphatic rings. The third kappa shape index (κ3) is 4.53. The Morgan fingerprint density at radius 1 is 1.15 bits per heavy atom. The van der Waals surface area contributed by atoms with Crippen molar-refractivity contribution in [3.63, 3.8) is 0 Å². The van der Waals surface area contributed by atoms with Crippen LogP contribution in [-0.4, -0.2) is 55.0 Å². The maximum atomic E-state index is 12.2. The third-order valence-corrected chi connectivity index (χ3v) is 5.10. The van der Waals surface area contributed by atoms with Gasteiger partial charge in [0.2, 0.25) is 11.8 Å². The molecule has 0 aromatic heterocycles. The fraction of sp³-hybridized carbons (Fsp3) is 0.526. The van der Waals surface area contributed by atoms with Crippen molar-refractivity contribution < 1.29 is 14.4 Å². The number of carbonyl (C=O) groups is 3. The summed E-state index contributed by atoms with van der Waals surface area (Å²) in [5.41, 5.74) is 0.904. The molecule has 0 aliphatic carbocycles. The molecule has 0 radical (unpaired) electrons. The summed E-state index contributed by atoms with van der Waals surface area (Å²) in [5.74, 6) is 0.301. The summed E-state index contributed by atoms with van der Waals surface area (Å²) in [5, 5.41) is 5.86. The number of anilines is 1. The first kappa shape index (κ1) is 18.2. The number of urea groups is 1. The van der Waals surface area contributed by atoms with E-state index >= 15 is 0 Å². The predicted octanol–water partition coefficient (Wildman–Crippen LogP) is 1.35. The molecule has 1 aromatic rings. The molecule has 2 fully saturated rings. The smallest absolute Gasteiger partial charge is 0.315 e. The Morgan fingerprint density at radius 3 is 2.50 bits per heavy atom. The maximum absolute atomic E-state index is 12.2. The second kappa shape index (κ2) is 8.21. The largest absolute Gasteiger partial charge is 0.343 e. The summed E-state index contributed by atoms with van der Waals surface area (Å²) >= 11 is 0. The maximum Gasteiger partial charge on any atom is 0.315 e. The Hall–Kier alpha value is -2.57. The Bertz CT molecular complexity index is 656. The van der Waals surface area contributed by atoms with Gasteiger partial charge in [-0.05, 0) is 25.0 Å². The molecule has 7 nitrogen and oxygen atoms in total. The Balaban J connectivity index is 1.40. The topological polar surface area (TPSA) is 81.8 Å². The monoisotopic (exact) mass is 358 g/mol. The van der Waals surface area contributed by atoms with Crippen molar-refractivity contribution in [1.82, 2.24) is 15.5 Å². The summed E-state index contributed by atoms with van der Waals surface area (Å²) < 4.78 is 0. The predicted molar refractivity (Wildman–Crippen MR) is 98.7 cm³/mol. The highest BCUT2D eigenvalue weighted by atomic mass is 16.2. The standard InChI is InChI=1S/C19H26N4O3/c1-14(24)22-9-7-16(8-10-22)21-19(26)20-12-15-11-18(25)23(13-15)17-5-3-2-4-6-17/h2-6,15-16H,7-13H2,1H3,(H2,20,21,26). The van der Waals surface area contributed by atoms with E-state index < -0.39 is 0 Å². The van der Waals surface area contributed by atoms with Gasteiger partial charge in [0.1, 0.15) is 0 Å². The van der Waals surface area contributed by atoms with Gasteiger partial charge in [-0.1, -0.05) is 18.2 Å². The summed E-state index contributed by atoms with van der Waals surface area (Å²) in [6.07, 6.45) is 2.00. The van der Waals surface area contributed by atoms with Gasteiger partial charge < -0.3 is 20.4 Å². The van der Waals surface area contributed by atoms with Gasteiger partial charge in [-0.2, -0.15) is 0 Å². The van der Waals surface area contributed by atoms with Crippen LogP contribution >= 0.6 is 0 Å². The van der Waals surface area contributed by atoms with E-state index in [-0.39, 0.29) is 29.8 Å². The fourth-order valence-electron chi connectivity index (χ4n) is 3.59. The Labute approximate surface area is 153 Å². The molecule has 1 unspecified atom stereocenters. The van der Waals surface area contributed by atoms with Gasteiger partial charge in [-0.15, -0.1) is 0 Å². The zero-order valence-electron chi connectivity index (χ0n) is 15.1. The van der Waals surface area contributed by atoms with Crippen LogP contribution in [0.1, 0.15) is 26.2 Å². The molecule has 1 aromatic carbocycles. The number of likely N-dealkylation sites (tertiary alicyclic amines) is 1. The van der Waals surface area contributed by atoms with Crippen LogP contribution in [0.5, 0.6) is 0 Å². The molecular weight excluding hydrogens is 332 g/mol. The van der Waals surface area contributed by atoms with Crippen LogP contribution in [0.4, 0.5) is 10.5 Å². The number of nitrogens with one attached hydrogen (secondary N) is 2. The van der Waals surface area contributed by atoms with Crippen LogP contribution in [0.15, 0.2) is 30.3 Å². The number of para-hydroxylation sites is 1. The SMILES string of the molecule is CC(=O)N1CCC(NC(=O)NCC2CC(=O)N(c3ccccc3)C2)CC1. The van der Waals surface area contributed by atoms with Gasteiger partial charge in [0.15, 0.2) is 0 Å². The quantitative estimate of drug-likeness (QED) is 0.852. The Kier molecular flexibility index (Phi) is 5.75. The average Bonchev–Trinajstić information content (AvgIpc) is 3.02. The number of rotatable bonds is 4. The minimum Gasteiger partial charge on any atom is -0.343 e. The number of hydrogen-bond acceptors (Lipinski definition) is 3. The lowest BCUT2D eigenvalue weighted by Gasteiger charge is -2.31. The highest BCUT2D eigenvalue weighted by molar-refractivity contribution is 5.95. The van der Waals surface area contributed by atoms with Gasteiger partial charge in [0.25, 0.3) is 0 Å². The highest BCUT2D eigenvalue weighted by Crippen LogP contribution is 2.24. The van der Waals surface area contributed by atoms with Crippen molar-refractivity contribution in [1.29, 1.82) is 0 Å². The number of benzene rings is 1. The first-order chi connectivity index (χ1) is 12.5. The van der Waals surface area contributed by atoms with Crippen molar-refractivity contribution in [2.75, 3.05) is 31.1 Å². The van der Waals surface area contributed by atoms with Crippen LogP contribution in [-0.2, 0) is 9.59 Å². The zero-order chi connectivity index (χ0) is 18.5. The van der Waals surface area contributed by atoms with Crippen molar-refractivity contribution in [3.05, 3.63) is 30.3 Å². The average molecular weight is 358 g/mol. The minimum absolute atomic E-state index is 0.0850. The van der Waals surface area contributed by atoms with Crippen LogP contribution in [0.25, 0.3) is 0 Å². The van der Waals surface area contributed by atoms with Crippen LogP contribution in [0.2, 0.25) is 0 Å². The molecule has 0 bridgehead atoms. The van der Waals surface area contributed by atoms with Crippen molar-refractivity contribution in [2.45, 2.75) is 32.2 Å². The van der Waals surface area contributed by atoms with E-state index in [1.165, 1.54) is 0 Å². The second-order valence-electron chi connectivity index (χ2n) is 7.04. The minimum atomic E-state index is -0.197. The van der Waals surface area contributed by atoms with E-state index in [0.29, 0.717) is 32.6 Å². The number of hydrogen-bond donors (Lipinski definition) is 2. The zero-order valence-corrected chi connectivity index (χ0v) is 15.1. The third-order valence-electron chi connectivity index (χ3n) is 5.10. The van der Waals surface area contributed by atoms with E-state index in [2.05, 4.69) is 10.6 Å². The van der Waals surface area contributed by atoms with Gasteiger partial charge in [0.05, 0.1) is 0 Å². The van der Waals surface area contributed by atoms with E-state index in [0.717, 1.165) is 18.5 Å². The van der Waals surface area contributed by atoms with Crippen LogP contribution in [0, 0.1) is 5.92 Å². The van der Waals surface area contributed by atoms with Gasteiger partial charge >= 0.3 is 6.03 Å². The molecule has 2 saturated heterocycles. The number of nitrogens with zero attached hydrogens (tertiary/aromatic N) is 2. The molecule has 26 heavy (non-hydrogen) atoms. The van der Waals surface area contributed by atoms with Gasteiger partial charge in [-0.25, -0.2) is 4.79 Å². The first-order valence-electron chi connectivity index (χ1n) is 9.18. The number of amides is 4. The molecule has 2 aliphatic heterocycles. The molecule has 4 amide bonds. The van der Waals surface area contributed by atoms with Crippen molar-refractivity contribution in [2.24, 2.45) is 5.92 Å². The van der Waals surface area contributed by atoms with Crippen LogP contribution in [0.3, 0.4) is 0 Å². The summed E-state index contributed by atoms with van der Waals surface area (Å²) in [4.78, 5) is 39.2. The van der Waals surface area contributed by atoms with Crippen molar-refractivity contribution in [3.8, 4) is 0 Å². The second-order valence-corrected chi connectivity index (χ2v) is 7.04. The molecule has 7 heteroatoms. The van der Waals surface area contributed by atoms with Crippen molar-refractivity contribution >= 4 is 23.5 Å². The number of piperidine rings is 1. The molecule has 2 heterocycles. The summed E-state index contributed by atoms with van der Waals surface area (Å²) in [6, 6.07) is 9.50. The summed E-state index contributed by atoms with van der Waals surface area (Å²) in [6.45, 7) is 4.04. The van der Waals surface area contributed by atoms with Crippen LogP contribution < -0.4 is 15.5 Å². The molecule has 140 valence electrons. The molecule has 0 spiro atoms. The molecule has 0 saturated carbocycles. The van der Waals surface area contributed by atoms with E-state index in [1.54, 1.807) is 16.7 Å². The molecule has 3 rings (SSSR count). The summed E-state index contributed by atoms with van der Waals surface area (Å²) in [7, 11) is 0.